The largest absolute Gasteiger partial charge is 0.396 e. The first-order valence-electron chi connectivity index (χ1n) is 3.53. The summed E-state index contributed by atoms with van der Waals surface area (Å²) in [6.45, 7) is 0.146. The number of aliphatic hydroxyl groups is 2. The van der Waals surface area contributed by atoms with Crippen LogP contribution in [0.25, 0.3) is 0 Å². The van der Waals surface area contributed by atoms with Crippen LogP contribution in [0.5, 0.6) is 0 Å². The van der Waals surface area contributed by atoms with Gasteiger partial charge in [0.15, 0.2) is 0 Å². The smallest absolute Gasteiger partial charge is 0.0550 e. The van der Waals surface area contributed by atoms with Gasteiger partial charge in [-0.3, -0.25) is 0 Å². The van der Waals surface area contributed by atoms with Gasteiger partial charge in [-0.25, -0.2) is 0 Å². The van der Waals surface area contributed by atoms with Crippen molar-refractivity contribution >= 4 is 0 Å². The zero-order valence-corrected chi connectivity index (χ0v) is 6.08. The van der Waals surface area contributed by atoms with Crippen LogP contribution in [0, 0.1) is 12.3 Å². The maximum Gasteiger partial charge on any atom is 0.0550 e. The van der Waals surface area contributed by atoms with E-state index in [0.717, 1.165) is 0 Å². The lowest BCUT2D eigenvalue weighted by atomic mass is 10.1. The molecule has 0 bridgehead atoms. The molecule has 0 rings (SSSR count). The lowest BCUT2D eigenvalue weighted by Crippen LogP contribution is -2.06. The Labute approximate surface area is 61.9 Å². The molecule has 0 saturated carbocycles. The van der Waals surface area contributed by atoms with Gasteiger partial charge in [0, 0.05) is 13.0 Å². The molecule has 58 valence electrons. The molecule has 0 fully saturated rings. The first-order valence-corrected chi connectivity index (χ1v) is 3.53. The first-order chi connectivity index (χ1) is 4.81. The van der Waals surface area contributed by atoms with Crippen LogP contribution >= 0.6 is 0 Å². The van der Waals surface area contributed by atoms with E-state index in [0.29, 0.717) is 25.7 Å². The molecule has 0 aliphatic carbocycles. The Hall–Kier alpha value is -0.520. The summed E-state index contributed by atoms with van der Waals surface area (Å²) in [5.41, 5.74) is 0. The molecule has 0 spiro atoms. The number of rotatable bonds is 5. The van der Waals surface area contributed by atoms with Crippen molar-refractivity contribution in [3.63, 3.8) is 0 Å². The molecule has 10 heavy (non-hydrogen) atoms. The van der Waals surface area contributed by atoms with E-state index >= 15 is 0 Å². The van der Waals surface area contributed by atoms with E-state index in [9.17, 15) is 0 Å². The molecule has 1 atom stereocenters. The van der Waals surface area contributed by atoms with Crippen LogP contribution < -0.4 is 0 Å². The molecule has 0 aliphatic rings. The molecule has 0 aromatic carbocycles. The Balaban J connectivity index is 3.10. The Kier molecular flexibility index (Phi) is 6.25. The Bertz CT molecular complexity index is 104. The summed E-state index contributed by atoms with van der Waals surface area (Å²) >= 11 is 0. The average molecular weight is 142 g/mol. The molecule has 1 unspecified atom stereocenters. The summed E-state index contributed by atoms with van der Waals surface area (Å²) in [7, 11) is 0. The van der Waals surface area contributed by atoms with E-state index in [1.54, 1.807) is 0 Å². The maximum absolute atomic E-state index is 9.10. The van der Waals surface area contributed by atoms with E-state index in [1.165, 1.54) is 0 Å². The number of aliphatic hydroxyl groups excluding tert-OH is 2. The quantitative estimate of drug-likeness (QED) is 0.550. The lowest BCUT2D eigenvalue weighted by molar-refractivity contribution is 0.142. The minimum atomic E-state index is -0.330. The monoisotopic (exact) mass is 142 g/mol. The molecular weight excluding hydrogens is 128 g/mol. The number of hydrogen-bond acceptors (Lipinski definition) is 2. The minimum Gasteiger partial charge on any atom is -0.396 e. The fourth-order valence-corrected chi connectivity index (χ4v) is 0.721. The van der Waals surface area contributed by atoms with Crippen LogP contribution in [0.15, 0.2) is 0 Å². The van der Waals surface area contributed by atoms with Gasteiger partial charge < -0.3 is 10.2 Å². The number of terminal acetylenes is 1. The van der Waals surface area contributed by atoms with E-state index in [1.807, 2.05) is 0 Å². The van der Waals surface area contributed by atoms with Crippen LogP contribution in [0.3, 0.4) is 0 Å². The standard InChI is InChI=1S/C8H14O2/c1-2-3-5-8(10)6-4-7-9/h1,8-10H,3-7H2. The Morgan fingerprint density at radius 2 is 2.10 bits per heavy atom. The Morgan fingerprint density at radius 1 is 1.40 bits per heavy atom. The predicted octanol–water partition coefficient (Wildman–Crippen LogP) is 0.533. The van der Waals surface area contributed by atoms with E-state index in [2.05, 4.69) is 5.92 Å². The van der Waals surface area contributed by atoms with Crippen LogP contribution in [-0.4, -0.2) is 22.9 Å². The van der Waals surface area contributed by atoms with Gasteiger partial charge in [-0.05, 0) is 19.3 Å². The van der Waals surface area contributed by atoms with Crippen molar-refractivity contribution in [1.82, 2.24) is 0 Å². The second-order valence-corrected chi connectivity index (χ2v) is 2.26. The zero-order valence-electron chi connectivity index (χ0n) is 6.08. The summed E-state index contributed by atoms with van der Waals surface area (Å²) < 4.78 is 0. The van der Waals surface area contributed by atoms with Gasteiger partial charge in [-0.15, -0.1) is 12.3 Å². The van der Waals surface area contributed by atoms with Crippen molar-refractivity contribution in [1.29, 1.82) is 0 Å². The van der Waals surface area contributed by atoms with Crippen molar-refractivity contribution in [2.24, 2.45) is 0 Å². The van der Waals surface area contributed by atoms with Crippen LogP contribution in [0.1, 0.15) is 25.7 Å². The summed E-state index contributed by atoms with van der Waals surface area (Å²) in [5, 5.41) is 17.5. The van der Waals surface area contributed by atoms with Crippen molar-refractivity contribution in [3.05, 3.63) is 0 Å². The summed E-state index contributed by atoms with van der Waals surface area (Å²) in [6, 6.07) is 0. The molecule has 2 heteroatoms. The molecule has 0 radical (unpaired) electrons. The van der Waals surface area contributed by atoms with Crippen LogP contribution in [0.2, 0.25) is 0 Å². The summed E-state index contributed by atoms with van der Waals surface area (Å²) in [5.74, 6) is 2.45. The highest BCUT2D eigenvalue weighted by Gasteiger charge is 2.00. The van der Waals surface area contributed by atoms with Gasteiger partial charge in [0.2, 0.25) is 0 Å². The maximum atomic E-state index is 9.10. The molecule has 2 N–H and O–H groups in total. The molecule has 0 amide bonds. The molecule has 2 nitrogen and oxygen atoms in total. The topological polar surface area (TPSA) is 40.5 Å². The van der Waals surface area contributed by atoms with Crippen LogP contribution in [-0.2, 0) is 0 Å². The normalized spacial score (nSPS) is 12.5. The van der Waals surface area contributed by atoms with E-state index in [4.69, 9.17) is 16.6 Å². The second-order valence-electron chi connectivity index (χ2n) is 2.26. The van der Waals surface area contributed by atoms with Crippen molar-refractivity contribution in [3.8, 4) is 12.3 Å². The van der Waals surface area contributed by atoms with E-state index in [-0.39, 0.29) is 12.7 Å². The highest BCUT2D eigenvalue weighted by Crippen LogP contribution is 2.02. The minimum absolute atomic E-state index is 0.146. The average Bonchev–Trinajstić information content (AvgIpc) is 1.97. The van der Waals surface area contributed by atoms with Gasteiger partial charge in [0.1, 0.15) is 0 Å². The van der Waals surface area contributed by atoms with Gasteiger partial charge in [0.05, 0.1) is 6.10 Å². The predicted molar refractivity (Wildman–Crippen MR) is 40.4 cm³/mol. The fourth-order valence-electron chi connectivity index (χ4n) is 0.721. The van der Waals surface area contributed by atoms with Gasteiger partial charge in [-0.1, -0.05) is 0 Å². The number of hydrogen-bond donors (Lipinski definition) is 2. The van der Waals surface area contributed by atoms with E-state index < -0.39 is 0 Å². The van der Waals surface area contributed by atoms with Gasteiger partial charge >= 0.3 is 0 Å². The third-order valence-corrected chi connectivity index (χ3v) is 1.32. The van der Waals surface area contributed by atoms with Gasteiger partial charge in [0.25, 0.3) is 0 Å². The SMILES string of the molecule is C#CCCC(O)CCCO. The van der Waals surface area contributed by atoms with Crippen LogP contribution in [0.4, 0.5) is 0 Å². The molecular formula is C8H14O2. The lowest BCUT2D eigenvalue weighted by Gasteiger charge is -2.05. The van der Waals surface area contributed by atoms with Gasteiger partial charge in [-0.2, -0.15) is 0 Å². The fraction of sp³-hybridized carbons (Fsp3) is 0.750. The Morgan fingerprint density at radius 3 is 2.60 bits per heavy atom. The molecule has 0 aromatic rings. The molecule has 0 aromatic heterocycles. The second kappa shape index (κ2) is 6.60. The molecule has 0 saturated heterocycles. The third kappa shape index (κ3) is 5.61. The van der Waals surface area contributed by atoms with Crippen molar-refractivity contribution in [2.45, 2.75) is 31.8 Å². The highest BCUT2D eigenvalue weighted by molar-refractivity contribution is 4.84. The molecule has 0 heterocycles. The molecule has 0 aliphatic heterocycles. The third-order valence-electron chi connectivity index (χ3n) is 1.32. The summed E-state index contributed by atoms with van der Waals surface area (Å²) in [4.78, 5) is 0. The summed E-state index contributed by atoms with van der Waals surface area (Å²) in [6.07, 6.45) is 7.24. The van der Waals surface area contributed by atoms with Crippen molar-refractivity contribution in [2.75, 3.05) is 6.61 Å². The zero-order chi connectivity index (χ0) is 7.82. The first kappa shape index (κ1) is 9.48. The highest BCUT2D eigenvalue weighted by atomic mass is 16.3. The van der Waals surface area contributed by atoms with Crippen molar-refractivity contribution < 1.29 is 10.2 Å².